The van der Waals surface area contributed by atoms with E-state index < -0.39 is 40.6 Å². The molecule has 5 aliphatic carbocycles. The summed E-state index contributed by atoms with van der Waals surface area (Å²) in [4.78, 5) is 51.6. The summed E-state index contributed by atoms with van der Waals surface area (Å²) in [5.74, 6) is -0.627. The standard InChI is InChI=1S/C39H59F3N2O6/c1-21(2)29-24(45)19-38(44-32(49)43-35(7,8)39(40,41)42)18-13-23-22(30(29)38)11-12-26-36(23,9)16-14-25-34(5,6)27(15-17-37(25,26)10)50-28(46)20-33(3,4)31(47)48/h21-23,25-27H,11-20H2,1-10H3,(H,47,48)(H2,43,44,49)/t22?,23?,25?,26?,27-,36-,37-,38+/m0/s1. The molecule has 2 amide bonds. The largest absolute Gasteiger partial charge is 0.481 e. The Morgan fingerprint density at radius 1 is 0.900 bits per heavy atom. The molecule has 4 saturated carbocycles. The van der Waals surface area contributed by atoms with Crippen LogP contribution in [0.1, 0.15) is 133 Å². The van der Waals surface area contributed by atoms with Gasteiger partial charge in [0, 0.05) is 11.8 Å². The molecule has 0 aromatic heterocycles. The van der Waals surface area contributed by atoms with Crippen molar-refractivity contribution in [1.82, 2.24) is 10.6 Å². The SMILES string of the molecule is CC(C)C1=C2C3CCC4[C@@](C)(CCC5C(C)(C)[C@@H](OC(=O)CC(C)(C)C(=O)O)CC[C@@]54C)C3CC[C@@]2(NC(=O)NC(C)(C)C(F)(F)F)CC1=O. The van der Waals surface area contributed by atoms with Gasteiger partial charge in [-0.1, -0.05) is 41.5 Å². The first kappa shape index (κ1) is 38.6. The van der Waals surface area contributed by atoms with Crippen LogP contribution in [-0.2, 0) is 19.1 Å². The Bertz CT molecular complexity index is 1470. The zero-order valence-electron chi connectivity index (χ0n) is 31.7. The minimum Gasteiger partial charge on any atom is -0.481 e. The number of ketones is 1. The highest BCUT2D eigenvalue weighted by Crippen LogP contribution is 2.72. The number of carbonyl (C=O) groups excluding carboxylic acids is 3. The lowest BCUT2D eigenvalue weighted by molar-refractivity contribution is -0.213. The molecule has 5 rings (SSSR count). The molecule has 3 N–H and O–H groups in total. The number of hydrogen-bond donors (Lipinski definition) is 3. The van der Waals surface area contributed by atoms with Crippen LogP contribution < -0.4 is 10.6 Å². The average Bonchev–Trinajstić information content (AvgIpc) is 3.24. The molecule has 4 fully saturated rings. The van der Waals surface area contributed by atoms with Crippen molar-refractivity contribution < 1.29 is 42.2 Å². The van der Waals surface area contributed by atoms with Gasteiger partial charge in [0.2, 0.25) is 0 Å². The highest BCUT2D eigenvalue weighted by Gasteiger charge is 2.67. The molecule has 0 radical (unpaired) electrons. The number of Topliss-reactive ketones (excluding diaryl/α,β-unsaturated/α-hetero) is 1. The maximum Gasteiger partial charge on any atom is 0.411 e. The summed E-state index contributed by atoms with van der Waals surface area (Å²) in [5.41, 5.74) is -3.32. The number of hydrogen-bond acceptors (Lipinski definition) is 5. The Labute approximate surface area is 295 Å². The second kappa shape index (κ2) is 12.2. The number of esters is 1. The third-order valence-electron chi connectivity index (χ3n) is 14.5. The number of alkyl halides is 3. The van der Waals surface area contributed by atoms with Crippen molar-refractivity contribution in [2.45, 2.75) is 157 Å². The highest BCUT2D eigenvalue weighted by atomic mass is 19.4. The van der Waals surface area contributed by atoms with Gasteiger partial charge >= 0.3 is 24.1 Å². The number of aliphatic carboxylic acids is 1. The van der Waals surface area contributed by atoms with Crippen molar-refractivity contribution in [2.24, 2.45) is 51.2 Å². The maximum absolute atomic E-state index is 13.7. The summed E-state index contributed by atoms with van der Waals surface area (Å²) in [5, 5.41) is 14.6. The van der Waals surface area contributed by atoms with Gasteiger partial charge in [0.1, 0.15) is 11.6 Å². The summed E-state index contributed by atoms with van der Waals surface area (Å²) in [7, 11) is 0. The Balaban J connectivity index is 1.41. The van der Waals surface area contributed by atoms with Gasteiger partial charge in [0.25, 0.3) is 0 Å². The second-order valence-electron chi connectivity index (χ2n) is 19.1. The number of rotatable bonds is 7. The Hall–Kier alpha value is -2.59. The minimum atomic E-state index is -4.64. The number of carboxylic acid groups (broad SMARTS) is 1. The molecule has 8 nitrogen and oxygen atoms in total. The van der Waals surface area contributed by atoms with Gasteiger partial charge in [0.05, 0.1) is 17.4 Å². The van der Waals surface area contributed by atoms with Crippen LogP contribution in [0.25, 0.3) is 0 Å². The normalized spacial score (nSPS) is 36.9. The lowest BCUT2D eigenvalue weighted by atomic mass is 9.37. The van der Waals surface area contributed by atoms with E-state index in [0.717, 1.165) is 63.5 Å². The second-order valence-corrected chi connectivity index (χ2v) is 19.1. The van der Waals surface area contributed by atoms with Gasteiger partial charge in [0.15, 0.2) is 5.78 Å². The van der Waals surface area contributed by atoms with Gasteiger partial charge in [-0.15, -0.1) is 0 Å². The third kappa shape index (κ3) is 6.08. The van der Waals surface area contributed by atoms with E-state index in [1.165, 1.54) is 13.8 Å². The molecule has 282 valence electrons. The Morgan fingerprint density at radius 3 is 2.10 bits per heavy atom. The van der Waals surface area contributed by atoms with Crippen molar-refractivity contribution in [2.75, 3.05) is 0 Å². The molecule has 0 aliphatic heterocycles. The van der Waals surface area contributed by atoms with E-state index in [4.69, 9.17) is 4.74 Å². The van der Waals surface area contributed by atoms with E-state index in [-0.39, 0.29) is 64.6 Å². The molecule has 8 atom stereocenters. The van der Waals surface area contributed by atoms with Crippen LogP contribution in [0.4, 0.5) is 18.0 Å². The summed E-state index contributed by atoms with van der Waals surface area (Å²) >= 11 is 0. The van der Waals surface area contributed by atoms with E-state index in [1.807, 2.05) is 13.8 Å². The molecule has 4 unspecified atom stereocenters. The lowest BCUT2D eigenvalue weighted by Crippen LogP contribution is -2.65. The van der Waals surface area contributed by atoms with Crippen LogP contribution in [-0.4, -0.2) is 52.2 Å². The zero-order valence-corrected chi connectivity index (χ0v) is 31.7. The van der Waals surface area contributed by atoms with E-state index in [9.17, 15) is 37.5 Å². The number of ether oxygens (including phenoxy) is 1. The molecule has 50 heavy (non-hydrogen) atoms. The number of urea groups is 1. The van der Waals surface area contributed by atoms with Crippen LogP contribution in [0, 0.1) is 51.2 Å². The molecule has 0 heterocycles. The van der Waals surface area contributed by atoms with Gasteiger partial charge in [-0.05, 0) is 131 Å². The fourth-order valence-corrected chi connectivity index (χ4v) is 11.9. The van der Waals surface area contributed by atoms with Crippen LogP contribution in [0.5, 0.6) is 0 Å². The van der Waals surface area contributed by atoms with Crippen molar-refractivity contribution in [3.63, 3.8) is 0 Å². The van der Waals surface area contributed by atoms with Gasteiger partial charge in [-0.2, -0.15) is 13.2 Å². The molecule has 0 spiro atoms. The lowest BCUT2D eigenvalue weighted by Gasteiger charge is -2.68. The monoisotopic (exact) mass is 708 g/mol. The zero-order chi connectivity index (χ0) is 37.6. The number of amides is 2. The Morgan fingerprint density at radius 2 is 1.52 bits per heavy atom. The molecule has 5 aliphatic rings. The van der Waals surface area contributed by atoms with Crippen LogP contribution in [0.2, 0.25) is 0 Å². The smallest absolute Gasteiger partial charge is 0.411 e. The van der Waals surface area contributed by atoms with E-state index in [2.05, 4.69) is 38.3 Å². The molecule has 0 aromatic rings. The maximum atomic E-state index is 13.7. The molecular formula is C39H59F3N2O6. The van der Waals surface area contributed by atoms with Crippen molar-refractivity contribution in [3.8, 4) is 0 Å². The molecule has 0 saturated heterocycles. The van der Waals surface area contributed by atoms with Crippen molar-refractivity contribution in [3.05, 3.63) is 11.1 Å². The predicted molar refractivity (Wildman–Crippen MR) is 183 cm³/mol. The average molecular weight is 709 g/mol. The predicted octanol–water partition coefficient (Wildman–Crippen LogP) is 8.38. The van der Waals surface area contributed by atoms with Crippen LogP contribution in [0.15, 0.2) is 11.1 Å². The summed E-state index contributed by atoms with van der Waals surface area (Å²) in [6, 6.07) is -0.903. The number of fused-ring (bicyclic) bond motifs is 7. The number of halogens is 3. The quantitative estimate of drug-likeness (QED) is 0.229. The number of nitrogens with one attached hydrogen (secondary N) is 2. The highest BCUT2D eigenvalue weighted by molar-refractivity contribution is 6.02. The molecular weight excluding hydrogens is 649 g/mol. The van der Waals surface area contributed by atoms with Crippen LogP contribution >= 0.6 is 0 Å². The van der Waals surface area contributed by atoms with Gasteiger partial charge in [-0.25, -0.2) is 4.79 Å². The number of allylic oxidation sites excluding steroid dienone is 1. The van der Waals surface area contributed by atoms with E-state index >= 15 is 0 Å². The third-order valence-corrected chi connectivity index (χ3v) is 14.5. The van der Waals surface area contributed by atoms with Crippen LogP contribution in [0.3, 0.4) is 0 Å². The van der Waals surface area contributed by atoms with E-state index in [1.54, 1.807) is 0 Å². The molecule has 0 bridgehead atoms. The first-order chi connectivity index (χ1) is 22.7. The minimum absolute atomic E-state index is 0.0182. The molecule has 0 aromatic carbocycles. The first-order valence-electron chi connectivity index (χ1n) is 18.6. The molecule has 11 heteroatoms. The first-order valence-corrected chi connectivity index (χ1v) is 18.6. The van der Waals surface area contributed by atoms with Crippen molar-refractivity contribution in [1.29, 1.82) is 0 Å². The van der Waals surface area contributed by atoms with Gasteiger partial charge < -0.3 is 20.5 Å². The fraction of sp³-hybridized carbons (Fsp3) is 0.846. The van der Waals surface area contributed by atoms with Gasteiger partial charge in [-0.3, -0.25) is 14.4 Å². The Kier molecular flexibility index (Phi) is 9.46. The number of carboxylic acids is 1. The van der Waals surface area contributed by atoms with Crippen molar-refractivity contribution >= 4 is 23.8 Å². The fourth-order valence-electron chi connectivity index (χ4n) is 11.9. The number of carbonyl (C=O) groups is 4. The topological polar surface area (TPSA) is 122 Å². The summed E-state index contributed by atoms with van der Waals surface area (Å²) < 4.78 is 47.2. The summed E-state index contributed by atoms with van der Waals surface area (Å²) in [6.45, 7) is 18.1. The van der Waals surface area contributed by atoms with E-state index in [0.29, 0.717) is 18.8 Å². The summed E-state index contributed by atoms with van der Waals surface area (Å²) in [6.07, 6.45) is 1.50.